The number of hydrogen-bond donors (Lipinski definition) is 1. The van der Waals surface area contributed by atoms with Crippen LogP contribution in [0.5, 0.6) is 0 Å². The Labute approximate surface area is 71.3 Å². The van der Waals surface area contributed by atoms with E-state index in [1.807, 2.05) is 20.9 Å². The minimum absolute atomic E-state index is 0.267. The van der Waals surface area contributed by atoms with Gasteiger partial charge in [0.05, 0.1) is 6.61 Å². The van der Waals surface area contributed by atoms with E-state index in [0.29, 0.717) is 0 Å². The van der Waals surface area contributed by atoms with E-state index in [-0.39, 0.29) is 5.41 Å². The normalized spacial score (nSPS) is 10.4. The van der Waals surface area contributed by atoms with Gasteiger partial charge >= 0.3 is 0 Å². The molecule has 0 atom stereocenters. The summed E-state index contributed by atoms with van der Waals surface area (Å²) < 4.78 is 5.02. The van der Waals surface area contributed by atoms with Crippen LogP contribution < -0.4 is 5.32 Å². The van der Waals surface area contributed by atoms with Gasteiger partial charge in [0, 0.05) is 19.1 Å². The second kappa shape index (κ2) is 8.02. The second-order valence-corrected chi connectivity index (χ2v) is 3.13. The molecule has 2 heteroatoms. The Morgan fingerprint density at radius 3 is 2.00 bits per heavy atom. The van der Waals surface area contributed by atoms with Gasteiger partial charge in [-0.05, 0) is 7.05 Å². The highest BCUT2D eigenvalue weighted by Gasteiger charge is 2.15. The molecule has 0 aromatic rings. The van der Waals surface area contributed by atoms with Gasteiger partial charge in [-0.15, -0.1) is 0 Å². The number of nitrogens with one attached hydrogen (secondary N) is 1. The van der Waals surface area contributed by atoms with Crippen molar-refractivity contribution in [2.45, 2.75) is 27.7 Å². The van der Waals surface area contributed by atoms with Crippen LogP contribution in [0.3, 0.4) is 0 Å². The zero-order chi connectivity index (χ0) is 9.33. The predicted molar refractivity (Wildman–Crippen MR) is 50.9 cm³/mol. The highest BCUT2D eigenvalue weighted by molar-refractivity contribution is 4.68. The lowest BCUT2D eigenvalue weighted by molar-refractivity contribution is 0.105. The van der Waals surface area contributed by atoms with Crippen LogP contribution in [0.15, 0.2) is 0 Å². The van der Waals surface area contributed by atoms with E-state index in [1.54, 1.807) is 7.11 Å². The van der Waals surface area contributed by atoms with Crippen molar-refractivity contribution in [3.63, 3.8) is 0 Å². The zero-order valence-corrected chi connectivity index (χ0v) is 8.82. The van der Waals surface area contributed by atoms with E-state index in [9.17, 15) is 0 Å². The molecular formula is C9H23NO. The third-order valence-corrected chi connectivity index (χ3v) is 1.19. The third kappa shape index (κ3) is 9.92. The van der Waals surface area contributed by atoms with E-state index in [1.165, 1.54) is 0 Å². The van der Waals surface area contributed by atoms with Crippen LogP contribution in [0.2, 0.25) is 0 Å². The lowest BCUT2D eigenvalue weighted by Gasteiger charge is -2.22. The van der Waals surface area contributed by atoms with E-state index in [4.69, 9.17) is 4.74 Å². The van der Waals surface area contributed by atoms with Crippen molar-refractivity contribution in [3.8, 4) is 0 Å². The first kappa shape index (κ1) is 13.5. The maximum atomic E-state index is 5.02. The average Bonchev–Trinajstić information content (AvgIpc) is 1.91. The first-order chi connectivity index (χ1) is 5.12. The van der Waals surface area contributed by atoms with Crippen molar-refractivity contribution in [1.82, 2.24) is 5.32 Å². The molecular weight excluding hydrogens is 138 g/mol. The second-order valence-electron chi connectivity index (χ2n) is 3.13. The maximum Gasteiger partial charge on any atom is 0.0525 e. The van der Waals surface area contributed by atoms with Gasteiger partial charge in [-0.2, -0.15) is 0 Å². The summed E-state index contributed by atoms with van der Waals surface area (Å²) in [6, 6.07) is 0. The Morgan fingerprint density at radius 2 is 1.73 bits per heavy atom. The predicted octanol–water partition coefficient (Wildman–Crippen LogP) is 1.90. The lowest BCUT2D eigenvalue weighted by Crippen LogP contribution is -2.30. The first-order valence-electron chi connectivity index (χ1n) is 4.26. The number of methoxy groups -OCH3 is 1. The average molecular weight is 161 g/mol. The fourth-order valence-corrected chi connectivity index (χ4v) is 0.920. The van der Waals surface area contributed by atoms with Crippen LogP contribution in [0.1, 0.15) is 27.7 Å². The van der Waals surface area contributed by atoms with Crippen molar-refractivity contribution in [2.24, 2.45) is 5.41 Å². The molecule has 0 aromatic carbocycles. The minimum atomic E-state index is 0.267. The SMILES string of the molecule is CC.CNCC(C)(C)COC. The summed E-state index contributed by atoms with van der Waals surface area (Å²) in [6.07, 6.45) is 0. The monoisotopic (exact) mass is 161 g/mol. The summed E-state index contributed by atoms with van der Waals surface area (Å²) in [5.74, 6) is 0. The molecule has 0 spiro atoms. The Hall–Kier alpha value is -0.0800. The number of hydrogen-bond acceptors (Lipinski definition) is 2. The molecule has 0 rings (SSSR count). The molecule has 0 aliphatic rings. The molecule has 0 saturated carbocycles. The Bertz CT molecular complexity index is 64.0. The zero-order valence-electron chi connectivity index (χ0n) is 8.82. The fraction of sp³-hybridized carbons (Fsp3) is 1.00. The van der Waals surface area contributed by atoms with Gasteiger partial charge in [0.25, 0.3) is 0 Å². The van der Waals surface area contributed by atoms with E-state index in [0.717, 1.165) is 13.2 Å². The summed E-state index contributed by atoms with van der Waals surface area (Å²) >= 11 is 0. The van der Waals surface area contributed by atoms with Gasteiger partial charge in [0.1, 0.15) is 0 Å². The largest absolute Gasteiger partial charge is 0.384 e. The summed E-state index contributed by atoms with van der Waals surface area (Å²) in [6.45, 7) is 10.2. The Morgan fingerprint density at radius 1 is 1.27 bits per heavy atom. The number of ether oxygens (including phenoxy) is 1. The quantitative estimate of drug-likeness (QED) is 0.680. The molecule has 0 saturated heterocycles. The van der Waals surface area contributed by atoms with Gasteiger partial charge < -0.3 is 10.1 Å². The van der Waals surface area contributed by atoms with Gasteiger partial charge in [0.15, 0.2) is 0 Å². The van der Waals surface area contributed by atoms with E-state index >= 15 is 0 Å². The van der Waals surface area contributed by atoms with Crippen LogP contribution in [0.25, 0.3) is 0 Å². The molecule has 0 aliphatic heterocycles. The van der Waals surface area contributed by atoms with Crippen molar-refractivity contribution in [1.29, 1.82) is 0 Å². The van der Waals surface area contributed by atoms with Crippen LogP contribution >= 0.6 is 0 Å². The molecule has 1 N–H and O–H groups in total. The van der Waals surface area contributed by atoms with Crippen LogP contribution in [0.4, 0.5) is 0 Å². The molecule has 0 unspecified atom stereocenters. The van der Waals surface area contributed by atoms with E-state index < -0.39 is 0 Å². The molecule has 2 nitrogen and oxygen atoms in total. The third-order valence-electron chi connectivity index (χ3n) is 1.19. The molecule has 0 radical (unpaired) electrons. The molecule has 11 heavy (non-hydrogen) atoms. The first-order valence-corrected chi connectivity index (χ1v) is 4.26. The Kier molecular flexibility index (Phi) is 9.85. The smallest absolute Gasteiger partial charge is 0.0525 e. The van der Waals surface area contributed by atoms with Crippen LogP contribution in [0, 0.1) is 5.41 Å². The standard InChI is InChI=1S/C7H17NO.C2H6/c1-7(2,5-8-3)6-9-4;1-2/h8H,5-6H2,1-4H3;1-2H3. The van der Waals surface area contributed by atoms with E-state index in [2.05, 4.69) is 19.2 Å². The maximum absolute atomic E-state index is 5.02. The van der Waals surface area contributed by atoms with Crippen molar-refractivity contribution >= 4 is 0 Å². The molecule has 0 aliphatic carbocycles. The number of rotatable bonds is 4. The summed E-state index contributed by atoms with van der Waals surface area (Å²) in [5.41, 5.74) is 0.267. The molecule has 70 valence electrons. The van der Waals surface area contributed by atoms with Crippen molar-refractivity contribution in [3.05, 3.63) is 0 Å². The lowest BCUT2D eigenvalue weighted by atomic mass is 9.95. The molecule has 0 aromatic heterocycles. The highest BCUT2D eigenvalue weighted by atomic mass is 16.5. The minimum Gasteiger partial charge on any atom is -0.384 e. The fourth-order valence-electron chi connectivity index (χ4n) is 0.920. The Balaban J connectivity index is 0. The van der Waals surface area contributed by atoms with Gasteiger partial charge in [-0.3, -0.25) is 0 Å². The van der Waals surface area contributed by atoms with Crippen LogP contribution in [-0.2, 0) is 4.74 Å². The highest BCUT2D eigenvalue weighted by Crippen LogP contribution is 2.12. The van der Waals surface area contributed by atoms with Crippen LogP contribution in [-0.4, -0.2) is 27.3 Å². The molecule has 0 amide bonds. The van der Waals surface area contributed by atoms with Gasteiger partial charge in [0.2, 0.25) is 0 Å². The summed E-state index contributed by atoms with van der Waals surface area (Å²) in [7, 11) is 3.69. The molecule has 0 fully saturated rings. The molecule has 0 heterocycles. The summed E-state index contributed by atoms with van der Waals surface area (Å²) in [5, 5.41) is 3.11. The van der Waals surface area contributed by atoms with Gasteiger partial charge in [-0.25, -0.2) is 0 Å². The molecule has 0 bridgehead atoms. The van der Waals surface area contributed by atoms with Crippen molar-refractivity contribution in [2.75, 3.05) is 27.3 Å². The van der Waals surface area contributed by atoms with Crippen molar-refractivity contribution < 1.29 is 4.74 Å². The topological polar surface area (TPSA) is 21.3 Å². The summed E-state index contributed by atoms with van der Waals surface area (Å²) in [4.78, 5) is 0. The van der Waals surface area contributed by atoms with Gasteiger partial charge in [-0.1, -0.05) is 27.7 Å².